The molecule has 2 rings (SSSR count). The lowest BCUT2D eigenvalue weighted by atomic mass is 10.2. The van der Waals surface area contributed by atoms with E-state index in [4.69, 9.17) is 0 Å². The van der Waals surface area contributed by atoms with Crippen molar-refractivity contribution in [2.24, 2.45) is 0 Å². The molecule has 1 N–H and O–H groups in total. The molecule has 0 aliphatic carbocycles. The van der Waals surface area contributed by atoms with Crippen LogP contribution < -0.4 is 10.2 Å². The lowest BCUT2D eigenvalue weighted by Crippen LogP contribution is -2.32. The van der Waals surface area contributed by atoms with Gasteiger partial charge < -0.3 is 15.1 Å². The van der Waals surface area contributed by atoms with E-state index in [0.717, 1.165) is 37.7 Å². The summed E-state index contributed by atoms with van der Waals surface area (Å²) in [6.45, 7) is 5.99. The van der Waals surface area contributed by atoms with Crippen molar-refractivity contribution in [3.8, 4) is 0 Å². The number of nitrogens with one attached hydrogen (secondary N) is 1. The van der Waals surface area contributed by atoms with Crippen molar-refractivity contribution >= 4 is 5.95 Å². The number of hydrogen-bond donors (Lipinski definition) is 1. The Morgan fingerprint density at radius 3 is 2.67 bits per heavy atom. The summed E-state index contributed by atoms with van der Waals surface area (Å²) in [5.74, 6) is 0.861. The summed E-state index contributed by atoms with van der Waals surface area (Å²) in [7, 11) is 4.27. The Kier molecular flexibility index (Phi) is 4.49. The third-order valence-electron chi connectivity index (χ3n) is 3.45. The van der Waals surface area contributed by atoms with Gasteiger partial charge in [-0.2, -0.15) is 0 Å². The van der Waals surface area contributed by atoms with Gasteiger partial charge in [-0.15, -0.1) is 0 Å². The summed E-state index contributed by atoms with van der Waals surface area (Å²) in [6.07, 6.45) is 5.04. The van der Waals surface area contributed by atoms with E-state index in [1.807, 2.05) is 12.4 Å². The zero-order chi connectivity index (χ0) is 13.0. The molecule has 0 bridgehead atoms. The molecule has 5 nitrogen and oxygen atoms in total. The van der Waals surface area contributed by atoms with Gasteiger partial charge in [0.05, 0.1) is 0 Å². The number of likely N-dealkylation sites (N-methyl/N-ethyl adjacent to an activating group) is 1. The molecule has 1 fully saturated rings. The van der Waals surface area contributed by atoms with Crippen LogP contribution in [0.1, 0.15) is 18.9 Å². The van der Waals surface area contributed by atoms with Crippen molar-refractivity contribution in [1.82, 2.24) is 20.2 Å². The van der Waals surface area contributed by atoms with Crippen molar-refractivity contribution in [3.63, 3.8) is 0 Å². The van der Waals surface area contributed by atoms with E-state index in [-0.39, 0.29) is 0 Å². The van der Waals surface area contributed by atoms with Gasteiger partial charge in [-0.3, -0.25) is 0 Å². The van der Waals surface area contributed by atoms with Crippen molar-refractivity contribution in [2.45, 2.75) is 25.9 Å². The molecule has 1 atom stereocenters. The number of anilines is 1. The Morgan fingerprint density at radius 1 is 1.39 bits per heavy atom. The van der Waals surface area contributed by atoms with Gasteiger partial charge in [0.1, 0.15) is 0 Å². The highest BCUT2D eigenvalue weighted by atomic mass is 15.3. The van der Waals surface area contributed by atoms with Crippen molar-refractivity contribution < 1.29 is 0 Å². The Balaban J connectivity index is 1.94. The first-order valence-corrected chi connectivity index (χ1v) is 6.63. The zero-order valence-corrected chi connectivity index (χ0v) is 11.6. The molecule has 0 spiro atoms. The van der Waals surface area contributed by atoms with E-state index in [1.54, 1.807) is 0 Å². The van der Waals surface area contributed by atoms with Gasteiger partial charge in [0.15, 0.2) is 0 Å². The van der Waals surface area contributed by atoms with Gasteiger partial charge in [-0.05, 0) is 27.1 Å². The topological polar surface area (TPSA) is 44.3 Å². The monoisotopic (exact) mass is 249 g/mol. The molecule has 0 radical (unpaired) electrons. The van der Waals surface area contributed by atoms with Gasteiger partial charge in [0.2, 0.25) is 5.95 Å². The van der Waals surface area contributed by atoms with Gasteiger partial charge >= 0.3 is 0 Å². The Bertz CT molecular complexity index is 362. The van der Waals surface area contributed by atoms with Crippen LogP contribution in [0.15, 0.2) is 12.4 Å². The predicted molar refractivity (Wildman–Crippen MR) is 73.7 cm³/mol. The Labute approximate surface area is 109 Å². The number of nitrogens with zero attached hydrogens (tertiary/aromatic N) is 4. The highest BCUT2D eigenvalue weighted by molar-refractivity contribution is 5.32. The molecule has 0 saturated carbocycles. The average molecular weight is 249 g/mol. The molecule has 1 aromatic heterocycles. The molecular formula is C13H23N5. The maximum absolute atomic E-state index is 4.46. The molecular weight excluding hydrogens is 226 g/mol. The molecule has 0 amide bonds. The van der Waals surface area contributed by atoms with Crippen LogP contribution >= 0.6 is 0 Å². The van der Waals surface area contributed by atoms with E-state index in [1.165, 1.54) is 6.42 Å². The molecule has 18 heavy (non-hydrogen) atoms. The van der Waals surface area contributed by atoms with Crippen LogP contribution in [0.3, 0.4) is 0 Å². The first kappa shape index (κ1) is 13.2. The fourth-order valence-electron chi connectivity index (χ4n) is 2.22. The summed E-state index contributed by atoms with van der Waals surface area (Å²) in [5, 5.41) is 3.28. The van der Waals surface area contributed by atoms with Crippen LogP contribution in [0.4, 0.5) is 5.95 Å². The fourth-order valence-corrected chi connectivity index (χ4v) is 2.22. The minimum Gasteiger partial charge on any atom is -0.339 e. The summed E-state index contributed by atoms with van der Waals surface area (Å²) in [4.78, 5) is 13.5. The summed E-state index contributed by atoms with van der Waals surface area (Å²) in [6, 6.07) is 0.620. The Hall–Kier alpha value is -1.20. The minimum absolute atomic E-state index is 0.620. The van der Waals surface area contributed by atoms with E-state index in [9.17, 15) is 0 Å². The molecule has 5 heteroatoms. The first-order valence-electron chi connectivity index (χ1n) is 6.63. The third kappa shape index (κ3) is 3.17. The van der Waals surface area contributed by atoms with Crippen molar-refractivity contribution in [2.75, 3.05) is 38.6 Å². The lowest BCUT2D eigenvalue weighted by molar-refractivity contribution is 0.315. The minimum atomic E-state index is 0.620. The zero-order valence-electron chi connectivity index (χ0n) is 11.6. The predicted octanol–water partition coefficient (Wildman–Crippen LogP) is 0.726. The molecule has 1 aromatic rings. The maximum atomic E-state index is 4.46. The maximum Gasteiger partial charge on any atom is 0.225 e. The fraction of sp³-hybridized carbons (Fsp3) is 0.692. The van der Waals surface area contributed by atoms with E-state index in [0.29, 0.717) is 6.04 Å². The number of aromatic nitrogens is 2. The van der Waals surface area contributed by atoms with Crippen molar-refractivity contribution in [1.29, 1.82) is 0 Å². The molecule has 100 valence electrons. The van der Waals surface area contributed by atoms with Gasteiger partial charge in [-0.25, -0.2) is 9.97 Å². The summed E-state index contributed by atoms with van der Waals surface area (Å²) in [5.41, 5.74) is 1.14. The molecule has 1 aliphatic heterocycles. The molecule has 0 aromatic carbocycles. The van der Waals surface area contributed by atoms with Gasteiger partial charge in [-0.1, -0.05) is 6.92 Å². The highest BCUT2D eigenvalue weighted by Gasteiger charge is 2.25. The first-order chi connectivity index (χ1) is 8.70. The largest absolute Gasteiger partial charge is 0.339 e. The summed E-state index contributed by atoms with van der Waals surface area (Å²) < 4.78 is 0. The normalized spacial score (nSPS) is 19.8. The smallest absolute Gasteiger partial charge is 0.225 e. The standard InChI is InChI=1S/C13H23N5/c1-4-14-7-11-8-15-13(16-9-11)18-6-5-12(10-18)17(2)3/h8-9,12,14H,4-7,10H2,1-3H3. The van der Waals surface area contributed by atoms with Crippen LogP contribution in [-0.4, -0.2) is 54.6 Å². The quantitative estimate of drug-likeness (QED) is 0.833. The second-order valence-electron chi connectivity index (χ2n) is 5.02. The van der Waals surface area contributed by atoms with Crippen LogP contribution in [0.2, 0.25) is 0 Å². The second kappa shape index (κ2) is 6.11. The second-order valence-corrected chi connectivity index (χ2v) is 5.02. The number of rotatable bonds is 5. The van der Waals surface area contributed by atoms with Crippen LogP contribution in [0.25, 0.3) is 0 Å². The Morgan fingerprint density at radius 2 is 2.11 bits per heavy atom. The van der Waals surface area contributed by atoms with Gasteiger partial charge in [0.25, 0.3) is 0 Å². The number of hydrogen-bond acceptors (Lipinski definition) is 5. The molecule has 2 heterocycles. The average Bonchev–Trinajstić information content (AvgIpc) is 2.87. The summed E-state index contributed by atoms with van der Waals surface area (Å²) >= 11 is 0. The third-order valence-corrected chi connectivity index (χ3v) is 3.45. The molecule has 1 unspecified atom stereocenters. The molecule has 1 aliphatic rings. The van der Waals surface area contributed by atoms with E-state index < -0.39 is 0 Å². The van der Waals surface area contributed by atoms with E-state index in [2.05, 4.69) is 46.1 Å². The van der Waals surface area contributed by atoms with Gasteiger partial charge in [0, 0.05) is 43.6 Å². The lowest BCUT2D eigenvalue weighted by Gasteiger charge is -2.20. The van der Waals surface area contributed by atoms with Crippen LogP contribution in [0.5, 0.6) is 0 Å². The van der Waals surface area contributed by atoms with Crippen molar-refractivity contribution in [3.05, 3.63) is 18.0 Å². The molecule has 1 saturated heterocycles. The van der Waals surface area contributed by atoms with E-state index >= 15 is 0 Å². The highest BCUT2D eigenvalue weighted by Crippen LogP contribution is 2.18. The van der Waals surface area contributed by atoms with Crippen LogP contribution in [-0.2, 0) is 6.54 Å². The van der Waals surface area contributed by atoms with Crippen LogP contribution in [0, 0.1) is 0 Å². The SMILES string of the molecule is CCNCc1cnc(N2CCC(N(C)C)C2)nc1.